The summed E-state index contributed by atoms with van der Waals surface area (Å²) in [5, 5.41) is 7.59. The Morgan fingerprint density at radius 3 is 2.83 bits per heavy atom. The first kappa shape index (κ1) is 17.1. The van der Waals surface area contributed by atoms with Gasteiger partial charge in [0.25, 0.3) is 0 Å². The Hall–Kier alpha value is -1.72. The van der Waals surface area contributed by atoms with Crippen molar-refractivity contribution in [1.29, 1.82) is 0 Å². The summed E-state index contributed by atoms with van der Waals surface area (Å²) in [5.41, 5.74) is 1.98. The van der Waals surface area contributed by atoms with Crippen molar-refractivity contribution in [2.75, 3.05) is 13.7 Å². The average Bonchev–Trinajstić information content (AvgIpc) is 3.09. The number of carbonyl (C=O) groups is 1. The van der Waals surface area contributed by atoms with Crippen LogP contribution >= 0.6 is 0 Å². The van der Waals surface area contributed by atoms with Gasteiger partial charge in [0.05, 0.1) is 24.9 Å². The van der Waals surface area contributed by atoms with Gasteiger partial charge in [-0.15, -0.1) is 0 Å². The Balaban J connectivity index is 1.68. The average molecular weight is 334 g/mol. The van der Waals surface area contributed by atoms with E-state index >= 15 is 0 Å². The van der Waals surface area contributed by atoms with Gasteiger partial charge in [-0.2, -0.15) is 5.10 Å². The highest BCUT2D eigenvalue weighted by Gasteiger charge is 2.42. The number of likely N-dealkylation sites (tertiary alicyclic amines) is 1. The number of ether oxygens (including phenoxy) is 1. The van der Waals surface area contributed by atoms with Gasteiger partial charge in [0, 0.05) is 19.6 Å². The number of methoxy groups -OCH3 is 1. The topological polar surface area (TPSA) is 59.4 Å². The molecule has 0 spiro atoms. The number of hydrogen-bond donors (Lipinski definition) is 1. The molecule has 6 nitrogen and oxygen atoms in total. The highest BCUT2D eigenvalue weighted by molar-refractivity contribution is 5.75. The van der Waals surface area contributed by atoms with Gasteiger partial charge in [0.15, 0.2) is 0 Å². The molecule has 0 unspecified atom stereocenters. The Bertz CT molecular complexity index is 598. The minimum Gasteiger partial charge on any atom is -0.481 e. The van der Waals surface area contributed by atoms with Crippen molar-refractivity contribution in [3.8, 4) is 5.88 Å². The third-order valence-electron chi connectivity index (χ3n) is 5.77. The van der Waals surface area contributed by atoms with Gasteiger partial charge in [0.2, 0.25) is 5.88 Å². The molecule has 0 bridgehead atoms. The molecule has 1 saturated carbocycles. The van der Waals surface area contributed by atoms with Crippen LogP contribution in [0, 0.1) is 11.8 Å². The molecule has 1 aliphatic carbocycles. The predicted octanol–water partition coefficient (Wildman–Crippen LogP) is 2.71. The van der Waals surface area contributed by atoms with Gasteiger partial charge in [0.1, 0.15) is 0 Å². The van der Waals surface area contributed by atoms with Crippen LogP contribution in [0.3, 0.4) is 0 Å². The summed E-state index contributed by atoms with van der Waals surface area (Å²) in [6.07, 6.45) is 5.81. The van der Waals surface area contributed by atoms with Gasteiger partial charge in [-0.3, -0.25) is 0 Å². The summed E-state index contributed by atoms with van der Waals surface area (Å²) in [6.45, 7) is 5.71. The first-order chi connectivity index (χ1) is 11.6. The van der Waals surface area contributed by atoms with E-state index in [0.717, 1.165) is 36.5 Å². The lowest BCUT2D eigenvalue weighted by Crippen LogP contribution is -2.44. The van der Waals surface area contributed by atoms with Gasteiger partial charge >= 0.3 is 6.03 Å². The van der Waals surface area contributed by atoms with E-state index in [2.05, 4.69) is 29.2 Å². The minimum atomic E-state index is 0.0595. The fraction of sp³-hybridized carbons (Fsp3) is 0.778. The predicted molar refractivity (Wildman–Crippen MR) is 93.0 cm³/mol. The number of fused-ring (bicyclic) bond motifs is 1. The molecule has 6 heteroatoms. The van der Waals surface area contributed by atoms with Crippen molar-refractivity contribution in [1.82, 2.24) is 20.0 Å². The zero-order valence-electron chi connectivity index (χ0n) is 15.3. The van der Waals surface area contributed by atoms with Crippen LogP contribution in [-0.4, -0.2) is 40.4 Å². The lowest BCUT2D eigenvalue weighted by Gasteiger charge is -2.32. The highest BCUT2D eigenvalue weighted by atomic mass is 16.5. The number of rotatable bonds is 4. The van der Waals surface area contributed by atoms with E-state index in [1.165, 1.54) is 19.3 Å². The van der Waals surface area contributed by atoms with Crippen molar-refractivity contribution in [3.05, 3.63) is 11.3 Å². The quantitative estimate of drug-likeness (QED) is 0.921. The van der Waals surface area contributed by atoms with Crippen LogP contribution in [0.1, 0.15) is 50.8 Å². The van der Waals surface area contributed by atoms with E-state index in [1.807, 2.05) is 7.05 Å². The van der Waals surface area contributed by atoms with Crippen LogP contribution in [0.4, 0.5) is 4.79 Å². The summed E-state index contributed by atoms with van der Waals surface area (Å²) in [7, 11) is 3.52. The normalized spacial score (nSPS) is 26.3. The number of carbonyl (C=O) groups excluding carboxylic acids is 1. The van der Waals surface area contributed by atoms with Gasteiger partial charge in [-0.25, -0.2) is 9.48 Å². The first-order valence-corrected chi connectivity index (χ1v) is 9.20. The Morgan fingerprint density at radius 1 is 1.38 bits per heavy atom. The Morgan fingerprint density at radius 2 is 2.12 bits per heavy atom. The number of nitrogens with zero attached hydrogens (tertiary/aromatic N) is 3. The molecule has 2 aliphatic rings. The molecule has 1 aromatic heterocycles. The van der Waals surface area contributed by atoms with E-state index in [4.69, 9.17) is 4.74 Å². The molecule has 2 amide bonds. The van der Waals surface area contributed by atoms with Crippen LogP contribution in [0.25, 0.3) is 0 Å². The molecule has 1 saturated heterocycles. The Kier molecular flexibility index (Phi) is 5.01. The lowest BCUT2D eigenvalue weighted by atomic mass is 9.80. The second-order valence-corrected chi connectivity index (χ2v) is 7.22. The monoisotopic (exact) mass is 334 g/mol. The van der Waals surface area contributed by atoms with E-state index in [9.17, 15) is 4.79 Å². The molecule has 134 valence electrons. The second-order valence-electron chi connectivity index (χ2n) is 7.22. The molecule has 1 N–H and O–H groups in total. The van der Waals surface area contributed by atoms with Crippen molar-refractivity contribution >= 4 is 6.03 Å². The standard InChI is InChI=1S/C18H30N4O2/c1-5-15-14(17(24-4)21(3)20-15)10-19-18(23)22-11-12(2)13-8-6-7-9-16(13)22/h12-13,16H,5-11H2,1-4H3,(H,19,23)/t12-,13-,16-/m0/s1. The number of hydrogen-bond acceptors (Lipinski definition) is 3. The maximum atomic E-state index is 12.8. The summed E-state index contributed by atoms with van der Waals surface area (Å²) >= 11 is 0. The SMILES string of the molecule is CCc1nn(C)c(OC)c1CNC(=O)N1C[C@H](C)[C@@H]2CCCC[C@@H]21. The summed E-state index contributed by atoms with van der Waals surface area (Å²) in [6, 6.07) is 0.486. The summed E-state index contributed by atoms with van der Waals surface area (Å²) in [5.74, 6) is 2.03. The summed E-state index contributed by atoms with van der Waals surface area (Å²) in [4.78, 5) is 14.8. The maximum absolute atomic E-state index is 12.8. The molecular weight excluding hydrogens is 304 g/mol. The van der Waals surface area contributed by atoms with Crippen molar-refractivity contribution in [2.45, 2.75) is 58.5 Å². The van der Waals surface area contributed by atoms with Crippen LogP contribution in [0.2, 0.25) is 0 Å². The maximum Gasteiger partial charge on any atom is 0.317 e. The van der Waals surface area contributed by atoms with Crippen LogP contribution in [0.15, 0.2) is 0 Å². The lowest BCUT2D eigenvalue weighted by molar-refractivity contribution is 0.168. The molecule has 24 heavy (non-hydrogen) atoms. The summed E-state index contributed by atoms with van der Waals surface area (Å²) < 4.78 is 7.20. The molecule has 1 aliphatic heterocycles. The smallest absolute Gasteiger partial charge is 0.317 e. The van der Waals surface area contributed by atoms with Crippen LogP contribution < -0.4 is 10.1 Å². The van der Waals surface area contributed by atoms with E-state index < -0.39 is 0 Å². The van der Waals surface area contributed by atoms with E-state index in [-0.39, 0.29) is 6.03 Å². The van der Waals surface area contributed by atoms with Crippen LogP contribution in [-0.2, 0) is 20.0 Å². The molecule has 0 radical (unpaired) electrons. The molecule has 0 aromatic carbocycles. The van der Waals surface area contributed by atoms with Gasteiger partial charge < -0.3 is 15.0 Å². The Labute approximate surface area is 144 Å². The minimum absolute atomic E-state index is 0.0595. The van der Waals surface area contributed by atoms with Crippen molar-refractivity contribution in [2.24, 2.45) is 18.9 Å². The number of aryl methyl sites for hydroxylation is 2. The number of urea groups is 1. The van der Waals surface area contributed by atoms with Gasteiger partial charge in [-0.05, 0) is 31.1 Å². The fourth-order valence-corrected chi connectivity index (χ4v) is 4.59. The molecule has 2 fully saturated rings. The molecule has 3 rings (SSSR count). The second kappa shape index (κ2) is 7.03. The molecule has 1 aromatic rings. The highest BCUT2D eigenvalue weighted by Crippen LogP contribution is 2.39. The van der Waals surface area contributed by atoms with Gasteiger partial charge in [-0.1, -0.05) is 26.7 Å². The van der Waals surface area contributed by atoms with Crippen molar-refractivity contribution < 1.29 is 9.53 Å². The number of nitrogens with one attached hydrogen (secondary N) is 1. The molecule has 2 heterocycles. The first-order valence-electron chi connectivity index (χ1n) is 9.20. The van der Waals surface area contributed by atoms with E-state index in [0.29, 0.717) is 24.4 Å². The third-order valence-corrected chi connectivity index (χ3v) is 5.77. The molecular formula is C18H30N4O2. The zero-order valence-corrected chi connectivity index (χ0v) is 15.3. The number of aromatic nitrogens is 2. The number of amides is 2. The third kappa shape index (κ3) is 2.98. The van der Waals surface area contributed by atoms with E-state index in [1.54, 1.807) is 11.8 Å². The largest absolute Gasteiger partial charge is 0.481 e. The fourth-order valence-electron chi connectivity index (χ4n) is 4.59. The van der Waals surface area contributed by atoms with Crippen molar-refractivity contribution in [3.63, 3.8) is 0 Å². The van der Waals surface area contributed by atoms with Crippen LogP contribution in [0.5, 0.6) is 5.88 Å². The molecule has 3 atom stereocenters. The zero-order chi connectivity index (χ0) is 17.3.